The van der Waals surface area contributed by atoms with E-state index in [2.05, 4.69) is 54.9 Å². The minimum absolute atomic E-state index is 0.0621. The lowest BCUT2D eigenvalue weighted by molar-refractivity contribution is -0.139. The number of hydrogen-bond donors (Lipinski definition) is 6. The van der Waals surface area contributed by atoms with Gasteiger partial charge in [0, 0.05) is 38.1 Å². The van der Waals surface area contributed by atoms with E-state index in [0.717, 1.165) is 50.8 Å². The number of carbonyl (C=O) groups excluding carboxylic acids is 1. The molecule has 2 aromatic heterocycles. The summed E-state index contributed by atoms with van der Waals surface area (Å²) in [5.41, 5.74) is 6.96. The fourth-order valence-corrected chi connectivity index (χ4v) is 6.00. The summed E-state index contributed by atoms with van der Waals surface area (Å²) in [5.74, 6) is 0.181. The highest BCUT2D eigenvalue weighted by Gasteiger charge is 2.25. The quantitative estimate of drug-likeness (QED) is 0.0903. The van der Waals surface area contributed by atoms with Gasteiger partial charge in [0.25, 0.3) is 0 Å². The van der Waals surface area contributed by atoms with E-state index in [1.807, 2.05) is 10.9 Å². The Hall–Kier alpha value is -3.95. The first-order valence-electron chi connectivity index (χ1n) is 17.0. The Morgan fingerprint density at radius 2 is 1.85 bits per heavy atom. The number of nitrogens with one attached hydrogen (secondary N) is 4. The third-order valence-electron chi connectivity index (χ3n) is 8.78. The zero-order chi connectivity index (χ0) is 33.4. The third-order valence-corrected chi connectivity index (χ3v) is 8.78. The number of carboxylic acids is 1. The van der Waals surface area contributed by atoms with Crippen molar-refractivity contribution in [3.05, 3.63) is 24.0 Å². The molecule has 1 amide bonds. The maximum Gasteiger partial charge on any atom is 0.320 e. The van der Waals surface area contributed by atoms with Gasteiger partial charge in [-0.25, -0.2) is 4.99 Å². The number of aliphatic imine (C=N–C) groups is 1. The van der Waals surface area contributed by atoms with Gasteiger partial charge in [0.15, 0.2) is 5.82 Å². The number of aliphatic carboxylic acids is 1. The molecule has 2 aliphatic rings. The Bertz CT molecular complexity index is 1300. The molecule has 0 aromatic carbocycles. The van der Waals surface area contributed by atoms with Crippen LogP contribution in [0.4, 0.5) is 17.6 Å². The molecule has 0 radical (unpaired) electrons. The molecule has 0 spiro atoms. The minimum atomic E-state index is -1.10. The van der Waals surface area contributed by atoms with Gasteiger partial charge in [-0.05, 0) is 71.3 Å². The lowest BCUT2D eigenvalue weighted by Gasteiger charge is -2.33. The van der Waals surface area contributed by atoms with Gasteiger partial charge in [-0.3, -0.25) is 14.3 Å². The first kappa shape index (κ1) is 35.9. The molecule has 3 heterocycles. The Morgan fingerprint density at radius 3 is 2.57 bits per heavy atom. The zero-order valence-corrected chi connectivity index (χ0v) is 27.5. The van der Waals surface area contributed by atoms with E-state index in [0.29, 0.717) is 55.6 Å². The van der Waals surface area contributed by atoms with Crippen LogP contribution in [0, 0.1) is 0 Å². The second-order valence-electron chi connectivity index (χ2n) is 12.4. The van der Waals surface area contributed by atoms with Crippen molar-refractivity contribution in [2.45, 2.75) is 102 Å². The van der Waals surface area contributed by atoms with Gasteiger partial charge in [-0.1, -0.05) is 37.1 Å². The first-order valence-corrected chi connectivity index (χ1v) is 17.0. The molecule has 2 fully saturated rings. The van der Waals surface area contributed by atoms with Crippen LogP contribution in [0.1, 0.15) is 81.9 Å². The molecule has 1 saturated heterocycles. The normalized spacial score (nSPS) is 16.5. The van der Waals surface area contributed by atoms with Gasteiger partial charge < -0.3 is 37.0 Å². The fourth-order valence-electron chi connectivity index (χ4n) is 6.00. The average Bonchev–Trinajstić information content (AvgIpc) is 3.55. The Balaban J connectivity index is 1.19. The van der Waals surface area contributed by atoms with Gasteiger partial charge in [-0.2, -0.15) is 9.97 Å². The Kier molecular flexibility index (Phi) is 14.5. The van der Waals surface area contributed by atoms with E-state index < -0.39 is 12.0 Å². The van der Waals surface area contributed by atoms with Crippen LogP contribution < -0.4 is 27.0 Å². The van der Waals surface area contributed by atoms with Crippen molar-refractivity contribution in [1.29, 1.82) is 0 Å². The van der Waals surface area contributed by atoms with Crippen molar-refractivity contribution in [1.82, 2.24) is 40.5 Å². The van der Waals surface area contributed by atoms with Gasteiger partial charge in [0.1, 0.15) is 17.6 Å². The van der Waals surface area contributed by atoms with E-state index in [4.69, 9.17) is 15.8 Å². The maximum absolute atomic E-state index is 12.5. The molecule has 4 rings (SSSR count). The SMILES string of the molecule is C=Cc1c(N=C)nc(NCc2cn(CCCNCCCNC3CCCCC3)nn2)nc1NC1CCN(C(=O)CC[C@H](N)C(=O)O)CC1. The molecule has 0 bridgehead atoms. The smallest absolute Gasteiger partial charge is 0.320 e. The summed E-state index contributed by atoms with van der Waals surface area (Å²) < 4.78 is 1.85. The topological polar surface area (TPSA) is 201 Å². The van der Waals surface area contributed by atoms with Crippen LogP contribution >= 0.6 is 0 Å². The van der Waals surface area contributed by atoms with Gasteiger partial charge in [0.05, 0.1) is 18.3 Å². The number of nitrogens with two attached hydrogens (primary N) is 1. The monoisotopic (exact) mass is 652 g/mol. The van der Waals surface area contributed by atoms with Crippen molar-refractivity contribution in [2.75, 3.05) is 43.4 Å². The van der Waals surface area contributed by atoms with Crippen molar-refractivity contribution < 1.29 is 14.7 Å². The second kappa shape index (κ2) is 19.0. The standard InChI is InChI=1S/C32H52N12O3/c1-3-26-29(34-2)39-32(40-30(26)38-24-13-19-43(20-14-24)28(45)12-11-27(33)31(46)47)37-21-25-22-44(42-41-25)18-8-16-35-15-7-17-36-23-9-5-4-6-10-23/h3,22-24,27,35-36H,1-2,4-21,33H2,(H,46,47)(H2,37,38,39,40)/t27-/m0/s1. The number of aromatic nitrogens is 5. The Labute approximate surface area is 277 Å². The van der Waals surface area contributed by atoms with Crippen LogP contribution in [-0.2, 0) is 22.7 Å². The minimum Gasteiger partial charge on any atom is -0.480 e. The van der Waals surface area contributed by atoms with Crippen LogP contribution in [0.5, 0.6) is 0 Å². The summed E-state index contributed by atoms with van der Waals surface area (Å²) in [6, 6.07) is -0.250. The largest absolute Gasteiger partial charge is 0.480 e. The summed E-state index contributed by atoms with van der Waals surface area (Å²) in [6.07, 6.45) is 14.1. The number of nitrogens with zero attached hydrogens (tertiary/aromatic N) is 7. The molecule has 15 heteroatoms. The molecule has 7 N–H and O–H groups in total. The van der Waals surface area contributed by atoms with Crippen LogP contribution in [0.2, 0.25) is 0 Å². The number of likely N-dealkylation sites (tertiary alicyclic amines) is 1. The van der Waals surface area contributed by atoms with Crippen LogP contribution in [0.3, 0.4) is 0 Å². The van der Waals surface area contributed by atoms with Crippen LogP contribution in [-0.4, -0.2) is 104 Å². The van der Waals surface area contributed by atoms with Gasteiger partial charge in [0.2, 0.25) is 11.9 Å². The molecule has 1 saturated carbocycles. The number of hydrogen-bond acceptors (Lipinski definition) is 12. The number of anilines is 2. The fraction of sp³-hybridized carbons (Fsp3) is 0.656. The predicted molar refractivity (Wildman–Crippen MR) is 184 cm³/mol. The van der Waals surface area contributed by atoms with E-state index in [1.165, 1.54) is 32.1 Å². The predicted octanol–water partition coefficient (Wildman–Crippen LogP) is 2.54. The molecule has 1 atom stereocenters. The lowest BCUT2D eigenvalue weighted by Crippen LogP contribution is -2.43. The number of aryl methyl sites for hydroxylation is 1. The highest BCUT2D eigenvalue weighted by molar-refractivity contribution is 5.78. The Morgan fingerprint density at radius 1 is 1.09 bits per heavy atom. The summed E-state index contributed by atoms with van der Waals surface area (Å²) in [5, 5.41) is 31.4. The maximum atomic E-state index is 12.5. The molecule has 15 nitrogen and oxygen atoms in total. The average molecular weight is 653 g/mol. The number of rotatable bonds is 20. The highest BCUT2D eigenvalue weighted by Crippen LogP contribution is 2.28. The van der Waals surface area contributed by atoms with Crippen molar-refractivity contribution in [3.8, 4) is 0 Å². The van der Waals surface area contributed by atoms with Gasteiger partial charge >= 0.3 is 5.97 Å². The molecule has 0 unspecified atom stereocenters. The van der Waals surface area contributed by atoms with Gasteiger partial charge in [-0.15, -0.1) is 5.10 Å². The number of carbonyl (C=O) groups is 2. The summed E-state index contributed by atoms with van der Waals surface area (Å²) >= 11 is 0. The third kappa shape index (κ3) is 11.7. The van der Waals surface area contributed by atoms with Crippen molar-refractivity contribution in [3.63, 3.8) is 0 Å². The van der Waals surface area contributed by atoms with E-state index in [-0.39, 0.29) is 24.8 Å². The molecular formula is C32H52N12O3. The lowest BCUT2D eigenvalue weighted by atomic mass is 9.95. The summed E-state index contributed by atoms with van der Waals surface area (Å²) in [4.78, 5) is 38.5. The van der Waals surface area contributed by atoms with Crippen LogP contribution in [0.25, 0.3) is 6.08 Å². The first-order chi connectivity index (χ1) is 22.9. The van der Waals surface area contributed by atoms with Crippen LogP contribution in [0.15, 0.2) is 17.8 Å². The molecular weight excluding hydrogens is 600 g/mol. The molecule has 2 aromatic rings. The highest BCUT2D eigenvalue weighted by atomic mass is 16.4. The number of carboxylic acid groups (broad SMARTS) is 1. The molecule has 1 aliphatic carbocycles. The van der Waals surface area contributed by atoms with Crippen molar-refractivity contribution in [2.24, 2.45) is 10.7 Å². The second-order valence-corrected chi connectivity index (χ2v) is 12.4. The number of piperidine rings is 1. The summed E-state index contributed by atoms with van der Waals surface area (Å²) in [7, 11) is 0. The van der Waals surface area contributed by atoms with E-state index in [9.17, 15) is 9.59 Å². The number of amides is 1. The molecule has 258 valence electrons. The van der Waals surface area contributed by atoms with E-state index >= 15 is 0 Å². The molecule has 1 aliphatic heterocycles. The van der Waals surface area contributed by atoms with E-state index in [1.54, 1.807) is 11.0 Å². The summed E-state index contributed by atoms with van der Waals surface area (Å²) in [6.45, 7) is 12.9. The molecule has 47 heavy (non-hydrogen) atoms. The van der Waals surface area contributed by atoms with Crippen molar-refractivity contribution >= 4 is 42.3 Å². The zero-order valence-electron chi connectivity index (χ0n) is 27.5.